The average Bonchev–Trinajstić information content (AvgIpc) is 2.48. The van der Waals surface area contributed by atoms with E-state index in [0.29, 0.717) is 5.82 Å². The number of halogens is 1. The molecule has 0 aliphatic carbocycles. The van der Waals surface area contributed by atoms with Crippen LogP contribution in [0.1, 0.15) is 5.56 Å². The van der Waals surface area contributed by atoms with Crippen molar-refractivity contribution in [2.45, 2.75) is 11.4 Å². The highest BCUT2D eigenvalue weighted by Gasteiger charge is 2.22. The Balaban J connectivity index is 2.27. The maximum atomic E-state index is 12.5. The molecule has 112 valence electrons. The summed E-state index contributed by atoms with van der Waals surface area (Å²) in [6.07, 6.45) is 4.55. The Bertz CT molecular complexity index is 722. The van der Waals surface area contributed by atoms with Gasteiger partial charge in [0.05, 0.1) is 5.02 Å². The van der Waals surface area contributed by atoms with Crippen molar-refractivity contribution in [1.29, 1.82) is 0 Å². The molecule has 6 nitrogen and oxygen atoms in total. The van der Waals surface area contributed by atoms with Crippen LogP contribution in [0.2, 0.25) is 5.02 Å². The maximum absolute atomic E-state index is 12.5. The standard InChI is InChI=1S/C13H15ClN4O2S/c1-15-13-12(14)6-11(8-17-13)21(19,20)18(2)9-10-4-3-5-16-7-10/h3-8H,9H2,1-2H3,(H,15,17). The highest BCUT2D eigenvalue weighted by molar-refractivity contribution is 7.89. The second-order valence-electron chi connectivity index (χ2n) is 4.37. The van der Waals surface area contributed by atoms with Crippen LogP contribution in [0.15, 0.2) is 41.7 Å². The zero-order valence-corrected chi connectivity index (χ0v) is 13.2. The fourth-order valence-corrected chi connectivity index (χ4v) is 3.22. The fourth-order valence-electron chi connectivity index (χ4n) is 1.76. The lowest BCUT2D eigenvalue weighted by molar-refractivity contribution is 0.466. The number of hydrogen-bond donors (Lipinski definition) is 1. The van der Waals surface area contributed by atoms with E-state index >= 15 is 0 Å². The number of sulfonamides is 1. The molecule has 2 rings (SSSR count). The smallest absolute Gasteiger partial charge is 0.244 e. The van der Waals surface area contributed by atoms with Crippen LogP contribution >= 0.6 is 11.6 Å². The lowest BCUT2D eigenvalue weighted by Gasteiger charge is -2.17. The molecule has 0 atom stereocenters. The number of hydrogen-bond acceptors (Lipinski definition) is 5. The summed E-state index contributed by atoms with van der Waals surface area (Å²) in [6, 6.07) is 4.96. The Hall–Kier alpha value is -1.70. The number of nitrogens with one attached hydrogen (secondary N) is 1. The molecule has 0 saturated carbocycles. The molecule has 0 aliphatic rings. The van der Waals surface area contributed by atoms with Gasteiger partial charge in [0.1, 0.15) is 10.7 Å². The first-order valence-corrected chi connectivity index (χ1v) is 7.95. The van der Waals surface area contributed by atoms with Gasteiger partial charge in [0.2, 0.25) is 10.0 Å². The highest BCUT2D eigenvalue weighted by Crippen LogP contribution is 2.24. The third kappa shape index (κ3) is 3.49. The molecule has 0 unspecified atom stereocenters. The van der Waals surface area contributed by atoms with E-state index in [1.807, 2.05) is 6.07 Å². The molecule has 8 heteroatoms. The van der Waals surface area contributed by atoms with Gasteiger partial charge in [0.15, 0.2) is 0 Å². The summed E-state index contributed by atoms with van der Waals surface area (Å²) in [5, 5.41) is 3.04. The Kier molecular flexibility index (Phi) is 4.76. The summed E-state index contributed by atoms with van der Waals surface area (Å²) < 4.78 is 26.2. The third-order valence-corrected chi connectivity index (χ3v) is 4.95. The SMILES string of the molecule is CNc1ncc(S(=O)(=O)N(C)Cc2cccnc2)cc1Cl. The zero-order chi connectivity index (χ0) is 15.5. The third-order valence-electron chi connectivity index (χ3n) is 2.89. The minimum absolute atomic E-state index is 0.0536. The molecule has 0 aliphatic heterocycles. The van der Waals surface area contributed by atoms with Crippen LogP contribution in [0, 0.1) is 0 Å². The number of anilines is 1. The molecule has 0 spiro atoms. The summed E-state index contributed by atoms with van der Waals surface area (Å²) in [7, 11) is -0.488. The van der Waals surface area contributed by atoms with E-state index in [0.717, 1.165) is 5.56 Å². The number of rotatable bonds is 5. The molecule has 0 aromatic carbocycles. The van der Waals surface area contributed by atoms with Gasteiger partial charge in [-0.15, -0.1) is 0 Å². The maximum Gasteiger partial charge on any atom is 0.244 e. The highest BCUT2D eigenvalue weighted by atomic mass is 35.5. The topological polar surface area (TPSA) is 75.2 Å². The van der Waals surface area contributed by atoms with Crippen LogP contribution in [0.5, 0.6) is 0 Å². The average molecular weight is 327 g/mol. The first kappa shape index (κ1) is 15.7. The predicted octanol–water partition coefficient (Wildman–Crippen LogP) is 1.99. The van der Waals surface area contributed by atoms with E-state index in [1.54, 1.807) is 25.5 Å². The quantitative estimate of drug-likeness (QED) is 0.909. The van der Waals surface area contributed by atoms with Gasteiger partial charge in [0, 0.05) is 39.2 Å². The van der Waals surface area contributed by atoms with Gasteiger partial charge >= 0.3 is 0 Å². The monoisotopic (exact) mass is 326 g/mol. The molecule has 1 N–H and O–H groups in total. The van der Waals surface area contributed by atoms with E-state index in [1.165, 1.54) is 23.6 Å². The molecule has 0 fully saturated rings. The molecular weight excluding hydrogens is 312 g/mol. The van der Waals surface area contributed by atoms with Gasteiger partial charge in [-0.1, -0.05) is 17.7 Å². The van der Waals surface area contributed by atoms with Crippen LogP contribution in [0.3, 0.4) is 0 Å². The largest absolute Gasteiger partial charge is 0.372 e. The van der Waals surface area contributed by atoms with E-state index in [2.05, 4.69) is 15.3 Å². The van der Waals surface area contributed by atoms with Gasteiger partial charge in [-0.05, 0) is 17.7 Å². The van der Waals surface area contributed by atoms with Crippen molar-refractivity contribution in [3.05, 3.63) is 47.4 Å². The van der Waals surface area contributed by atoms with Crippen LogP contribution in [0.25, 0.3) is 0 Å². The Morgan fingerprint density at radius 3 is 2.71 bits per heavy atom. The van der Waals surface area contributed by atoms with Gasteiger partial charge in [-0.25, -0.2) is 13.4 Å². The van der Waals surface area contributed by atoms with Crippen LogP contribution in [-0.4, -0.2) is 36.8 Å². The summed E-state index contributed by atoms with van der Waals surface area (Å²) in [5.74, 6) is 0.436. The van der Waals surface area contributed by atoms with Crippen LogP contribution in [-0.2, 0) is 16.6 Å². The minimum atomic E-state index is -3.65. The van der Waals surface area contributed by atoms with Gasteiger partial charge in [-0.3, -0.25) is 4.98 Å². The molecule has 21 heavy (non-hydrogen) atoms. The number of nitrogens with zero attached hydrogens (tertiary/aromatic N) is 3. The lowest BCUT2D eigenvalue weighted by Crippen LogP contribution is -2.26. The summed E-state index contributed by atoms with van der Waals surface area (Å²) in [6.45, 7) is 0.224. The van der Waals surface area contributed by atoms with E-state index in [-0.39, 0.29) is 16.5 Å². The first-order valence-electron chi connectivity index (χ1n) is 6.13. The second-order valence-corrected chi connectivity index (χ2v) is 6.83. The normalized spacial score (nSPS) is 11.6. The number of pyridine rings is 2. The van der Waals surface area contributed by atoms with E-state index < -0.39 is 10.0 Å². The molecule has 0 radical (unpaired) electrons. The van der Waals surface area contributed by atoms with Gasteiger partial charge < -0.3 is 5.32 Å². The molecular formula is C13H15ClN4O2S. The molecule has 0 bridgehead atoms. The molecule has 0 saturated heterocycles. The van der Waals surface area contributed by atoms with Gasteiger partial charge in [-0.2, -0.15) is 4.31 Å². The van der Waals surface area contributed by atoms with Crippen molar-refractivity contribution in [2.24, 2.45) is 0 Å². The second kappa shape index (κ2) is 6.38. The van der Waals surface area contributed by atoms with Crippen molar-refractivity contribution in [3.8, 4) is 0 Å². The van der Waals surface area contributed by atoms with Crippen molar-refractivity contribution >= 4 is 27.4 Å². The van der Waals surface area contributed by atoms with Crippen molar-refractivity contribution in [1.82, 2.24) is 14.3 Å². The van der Waals surface area contributed by atoms with Gasteiger partial charge in [0.25, 0.3) is 0 Å². The minimum Gasteiger partial charge on any atom is -0.372 e. The van der Waals surface area contributed by atoms with Crippen molar-refractivity contribution in [3.63, 3.8) is 0 Å². The van der Waals surface area contributed by atoms with E-state index in [9.17, 15) is 8.42 Å². The first-order chi connectivity index (χ1) is 9.95. The van der Waals surface area contributed by atoms with Crippen LogP contribution < -0.4 is 5.32 Å². The summed E-state index contributed by atoms with van der Waals surface area (Å²) in [4.78, 5) is 8.01. The molecule has 0 amide bonds. The van der Waals surface area contributed by atoms with Crippen molar-refractivity contribution < 1.29 is 8.42 Å². The summed E-state index contributed by atoms with van der Waals surface area (Å²) in [5.41, 5.74) is 0.800. The Morgan fingerprint density at radius 2 is 2.14 bits per heavy atom. The van der Waals surface area contributed by atoms with E-state index in [4.69, 9.17) is 11.6 Å². The lowest BCUT2D eigenvalue weighted by atomic mass is 10.3. The molecule has 2 aromatic rings. The number of aromatic nitrogens is 2. The molecule has 2 heterocycles. The molecule has 2 aromatic heterocycles. The fraction of sp³-hybridized carbons (Fsp3) is 0.231. The summed E-state index contributed by atoms with van der Waals surface area (Å²) >= 11 is 5.98. The van der Waals surface area contributed by atoms with Crippen molar-refractivity contribution in [2.75, 3.05) is 19.4 Å². The Morgan fingerprint density at radius 1 is 1.38 bits per heavy atom. The Labute approximate surface area is 128 Å². The predicted molar refractivity (Wildman–Crippen MR) is 81.7 cm³/mol. The van der Waals surface area contributed by atoms with Crippen LogP contribution in [0.4, 0.5) is 5.82 Å². The zero-order valence-electron chi connectivity index (χ0n) is 11.6.